The highest BCUT2D eigenvalue weighted by Crippen LogP contribution is 2.17. The Morgan fingerprint density at radius 2 is 0.750 bits per heavy atom. The molecule has 0 aromatic heterocycles. The van der Waals surface area contributed by atoms with Crippen molar-refractivity contribution >= 4 is 11.9 Å². The van der Waals surface area contributed by atoms with Crippen molar-refractivity contribution in [2.24, 2.45) is 0 Å². The number of rotatable bonds is 51. The van der Waals surface area contributed by atoms with Gasteiger partial charge in [0.25, 0.3) is 0 Å². The summed E-state index contributed by atoms with van der Waals surface area (Å²) < 4.78 is 5.91. The molecule has 0 aromatic carbocycles. The van der Waals surface area contributed by atoms with Crippen LogP contribution in [-0.4, -0.2) is 46.9 Å². The van der Waals surface area contributed by atoms with E-state index in [0.29, 0.717) is 25.7 Å². The Morgan fingerprint density at radius 3 is 1.15 bits per heavy atom. The molecule has 1 amide bonds. The minimum Gasteiger partial charge on any atom is -0.462 e. The van der Waals surface area contributed by atoms with E-state index < -0.39 is 18.2 Å². The van der Waals surface area contributed by atoms with Gasteiger partial charge in [0, 0.05) is 6.42 Å². The van der Waals surface area contributed by atoms with Crippen LogP contribution in [0, 0.1) is 0 Å². The Kier molecular flexibility index (Phi) is 52.6. The SMILES string of the molecule is CCCCC/C=C\C/C=C\C/C=C\C/C=C\CCCC(=O)OC(CCCC/C=C\C/C=C\C/C=C\CCCCC)CC(=O)NC(CO)C(O)CCCCCCCCCCCCCCCCCCC. The van der Waals surface area contributed by atoms with Crippen molar-refractivity contribution in [3.63, 3.8) is 0 Å². The molecule has 3 unspecified atom stereocenters. The van der Waals surface area contributed by atoms with E-state index in [9.17, 15) is 19.8 Å². The summed E-state index contributed by atoms with van der Waals surface area (Å²) in [5.74, 6) is -0.578. The van der Waals surface area contributed by atoms with Crippen molar-refractivity contribution in [2.45, 2.75) is 289 Å². The van der Waals surface area contributed by atoms with Gasteiger partial charge < -0.3 is 20.3 Å². The third-order valence-corrected chi connectivity index (χ3v) is 12.7. The van der Waals surface area contributed by atoms with Crippen molar-refractivity contribution < 1.29 is 24.5 Å². The quantitative estimate of drug-likeness (QED) is 0.0321. The van der Waals surface area contributed by atoms with Crippen LogP contribution in [0.5, 0.6) is 0 Å². The number of hydrogen-bond donors (Lipinski definition) is 3. The molecule has 392 valence electrons. The smallest absolute Gasteiger partial charge is 0.306 e. The van der Waals surface area contributed by atoms with E-state index in [1.165, 1.54) is 141 Å². The van der Waals surface area contributed by atoms with Gasteiger partial charge in [-0.2, -0.15) is 0 Å². The van der Waals surface area contributed by atoms with E-state index in [-0.39, 0.29) is 24.9 Å². The third kappa shape index (κ3) is 49.5. The van der Waals surface area contributed by atoms with E-state index in [0.717, 1.165) is 77.0 Å². The minimum absolute atomic E-state index is 0.0267. The summed E-state index contributed by atoms with van der Waals surface area (Å²) in [5, 5.41) is 23.9. The van der Waals surface area contributed by atoms with Gasteiger partial charge in [0.15, 0.2) is 0 Å². The van der Waals surface area contributed by atoms with Crippen molar-refractivity contribution in [3.8, 4) is 0 Å². The number of esters is 1. The number of carbonyl (C=O) groups is 2. The lowest BCUT2D eigenvalue weighted by molar-refractivity contribution is -0.151. The maximum Gasteiger partial charge on any atom is 0.306 e. The average molecular weight is 949 g/mol. The molecular formula is C62H109NO5. The van der Waals surface area contributed by atoms with Crippen molar-refractivity contribution in [2.75, 3.05) is 6.61 Å². The zero-order valence-electron chi connectivity index (χ0n) is 44.7. The second-order valence-electron chi connectivity index (χ2n) is 19.3. The summed E-state index contributed by atoms with van der Waals surface area (Å²) in [7, 11) is 0. The molecule has 3 N–H and O–H groups in total. The van der Waals surface area contributed by atoms with Gasteiger partial charge in [0.05, 0.1) is 25.2 Å². The van der Waals surface area contributed by atoms with Crippen molar-refractivity contribution in [1.82, 2.24) is 5.32 Å². The highest BCUT2D eigenvalue weighted by molar-refractivity contribution is 5.77. The first kappa shape index (κ1) is 65.0. The van der Waals surface area contributed by atoms with E-state index in [4.69, 9.17) is 4.74 Å². The van der Waals surface area contributed by atoms with Crippen LogP contribution in [0.25, 0.3) is 0 Å². The topological polar surface area (TPSA) is 95.9 Å². The van der Waals surface area contributed by atoms with Crippen LogP contribution < -0.4 is 5.32 Å². The molecule has 0 aliphatic rings. The molecule has 6 heteroatoms. The number of amides is 1. The number of carbonyl (C=O) groups excluding carboxylic acids is 2. The predicted octanol–water partition coefficient (Wildman–Crippen LogP) is 17.9. The van der Waals surface area contributed by atoms with E-state index in [2.05, 4.69) is 111 Å². The Morgan fingerprint density at radius 1 is 0.426 bits per heavy atom. The average Bonchev–Trinajstić information content (AvgIpc) is 3.33. The van der Waals surface area contributed by atoms with E-state index in [1.807, 2.05) is 0 Å². The first-order valence-electron chi connectivity index (χ1n) is 28.8. The highest BCUT2D eigenvalue weighted by Gasteiger charge is 2.24. The second kappa shape index (κ2) is 55.0. The molecule has 0 bridgehead atoms. The molecule has 0 spiro atoms. The fraction of sp³-hybridized carbons (Fsp3) is 0.742. The molecule has 0 rings (SSSR count). The standard InChI is InChI=1S/C62H109NO5/c1-4-7-10-13-16-19-22-25-28-30-33-36-39-42-45-48-51-54-60(65)59(57-64)63-61(66)56-58(53-50-47-44-41-38-35-32-27-24-21-18-15-12-9-6-3)68-62(67)55-52-49-46-43-40-37-34-31-29-26-23-20-17-14-11-8-5-2/h17-18,20-21,26-27,29,32,34,37-38,41,43,46,58-60,64-65H,4-16,19,22-25,28,30-31,33,35-36,39-40,42,44-45,47-57H2,1-3H3,(H,63,66)/b20-17-,21-18-,29-26-,32-27-,37-34-,41-38-,46-43-. The summed E-state index contributed by atoms with van der Waals surface area (Å²) in [6.45, 7) is 6.42. The fourth-order valence-electron chi connectivity index (χ4n) is 8.31. The van der Waals surface area contributed by atoms with E-state index in [1.54, 1.807) is 0 Å². The lowest BCUT2D eigenvalue weighted by Crippen LogP contribution is -2.46. The van der Waals surface area contributed by atoms with Gasteiger partial charge in [-0.15, -0.1) is 0 Å². The molecule has 0 saturated carbocycles. The fourth-order valence-corrected chi connectivity index (χ4v) is 8.31. The number of allylic oxidation sites excluding steroid dienone is 14. The van der Waals surface area contributed by atoms with Gasteiger partial charge in [-0.05, 0) is 103 Å². The summed E-state index contributed by atoms with van der Waals surface area (Å²) in [6.07, 6.45) is 72.2. The van der Waals surface area contributed by atoms with Gasteiger partial charge >= 0.3 is 5.97 Å². The predicted molar refractivity (Wildman–Crippen MR) is 296 cm³/mol. The summed E-state index contributed by atoms with van der Waals surface area (Å²) >= 11 is 0. The lowest BCUT2D eigenvalue weighted by Gasteiger charge is -2.24. The summed E-state index contributed by atoms with van der Waals surface area (Å²) in [6, 6.07) is -0.730. The van der Waals surface area contributed by atoms with Crippen LogP contribution in [0.4, 0.5) is 0 Å². The number of hydrogen-bond acceptors (Lipinski definition) is 5. The van der Waals surface area contributed by atoms with Gasteiger partial charge in [0.1, 0.15) is 6.10 Å². The highest BCUT2D eigenvalue weighted by atomic mass is 16.5. The zero-order chi connectivity index (χ0) is 49.5. The van der Waals surface area contributed by atoms with Crippen LogP contribution >= 0.6 is 0 Å². The molecule has 3 atom stereocenters. The monoisotopic (exact) mass is 948 g/mol. The lowest BCUT2D eigenvalue weighted by atomic mass is 10.0. The second-order valence-corrected chi connectivity index (χ2v) is 19.3. The molecule has 0 aliphatic carbocycles. The Hall–Kier alpha value is -2.96. The van der Waals surface area contributed by atoms with Gasteiger partial charge in [0.2, 0.25) is 5.91 Å². The zero-order valence-corrected chi connectivity index (χ0v) is 44.7. The number of unbranched alkanes of at least 4 members (excludes halogenated alkanes) is 25. The molecule has 6 nitrogen and oxygen atoms in total. The molecular weight excluding hydrogens is 839 g/mol. The van der Waals surface area contributed by atoms with Crippen LogP contribution in [0.15, 0.2) is 85.1 Å². The molecule has 0 saturated heterocycles. The normalized spacial score (nSPS) is 13.8. The Balaban J connectivity index is 4.68. The first-order valence-corrected chi connectivity index (χ1v) is 28.8. The number of ether oxygens (including phenoxy) is 1. The molecule has 0 aliphatic heterocycles. The molecule has 0 fully saturated rings. The van der Waals surface area contributed by atoms with Crippen LogP contribution in [0.1, 0.15) is 271 Å². The van der Waals surface area contributed by atoms with Crippen molar-refractivity contribution in [3.05, 3.63) is 85.1 Å². The van der Waals surface area contributed by atoms with Crippen LogP contribution in [-0.2, 0) is 14.3 Å². The molecule has 0 heterocycles. The van der Waals surface area contributed by atoms with Crippen molar-refractivity contribution in [1.29, 1.82) is 0 Å². The molecule has 0 radical (unpaired) electrons. The summed E-state index contributed by atoms with van der Waals surface area (Å²) in [5.41, 5.74) is 0. The van der Waals surface area contributed by atoms with Crippen LogP contribution in [0.3, 0.4) is 0 Å². The minimum atomic E-state index is -0.812. The maximum atomic E-state index is 13.3. The molecule has 0 aromatic rings. The van der Waals surface area contributed by atoms with Gasteiger partial charge in [-0.1, -0.05) is 241 Å². The Bertz CT molecular complexity index is 1290. The van der Waals surface area contributed by atoms with Crippen LogP contribution in [0.2, 0.25) is 0 Å². The Labute approximate surface area is 421 Å². The molecule has 68 heavy (non-hydrogen) atoms. The van der Waals surface area contributed by atoms with Gasteiger partial charge in [-0.3, -0.25) is 9.59 Å². The number of aliphatic hydroxyl groups is 2. The van der Waals surface area contributed by atoms with Gasteiger partial charge in [-0.25, -0.2) is 0 Å². The first-order chi connectivity index (χ1) is 33.5. The third-order valence-electron chi connectivity index (χ3n) is 12.7. The number of nitrogens with one attached hydrogen (secondary N) is 1. The largest absolute Gasteiger partial charge is 0.462 e. The summed E-state index contributed by atoms with van der Waals surface area (Å²) in [4.78, 5) is 26.2. The number of aliphatic hydroxyl groups excluding tert-OH is 2. The maximum absolute atomic E-state index is 13.3. The van der Waals surface area contributed by atoms with E-state index >= 15 is 0 Å².